The van der Waals surface area contributed by atoms with Gasteiger partial charge in [-0.15, -0.1) is 0 Å². The highest BCUT2D eigenvalue weighted by atomic mass is 14.8. The summed E-state index contributed by atoms with van der Waals surface area (Å²) >= 11 is 0. The van der Waals surface area contributed by atoms with Crippen molar-refractivity contribution in [2.24, 2.45) is 0 Å². The molecule has 1 aliphatic rings. The summed E-state index contributed by atoms with van der Waals surface area (Å²) in [6, 6.07) is 8.25. The summed E-state index contributed by atoms with van der Waals surface area (Å²) in [6.07, 6.45) is 3.46. The molecule has 0 amide bonds. The second-order valence-electron chi connectivity index (χ2n) is 2.83. The van der Waals surface area contributed by atoms with E-state index in [4.69, 9.17) is 0 Å². The highest BCUT2D eigenvalue weighted by Gasteiger charge is 2.22. The second kappa shape index (κ2) is 1.91. The predicted molar refractivity (Wildman–Crippen MR) is 46.5 cm³/mol. The molecule has 2 nitrogen and oxygen atoms in total. The third-order valence-corrected chi connectivity index (χ3v) is 2.18. The normalized spacial score (nSPS) is 11.3. The van der Waals surface area contributed by atoms with Crippen LogP contribution in [0.3, 0.4) is 0 Å². The van der Waals surface area contributed by atoms with Gasteiger partial charge in [-0.1, -0.05) is 24.3 Å². The molecule has 2 heteroatoms. The largest absolute Gasteiger partial charge is 0.244 e. The number of hydrogen-bond acceptors (Lipinski definition) is 2. The Bertz CT molecular complexity index is 349. The van der Waals surface area contributed by atoms with E-state index < -0.39 is 0 Å². The first-order valence-electron chi connectivity index (χ1n) is 3.86. The minimum Gasteiger partial charge on any atom is -0.244 e. The predicted octanol–water partition coefficient (Wildman–Crippen LogP) is 2.12. The molecule has 1 aromatic heterocycles. The Balaban J connectivity index is 2.34. The van der Waals surface area contributed by atoms with E-state index in [2.05, 4.69) is 22.1 Å². The molecule has 0 fully saturated rings. The maximum absolute atomic E-state index is 4.20. The number of rotatable bonds is 0. The highest BCUT2D eigenvalue weighted by molar-refractivity contribution is 5.99. The molecule has 0 N–H and O–H groups in total. The van der Waals surface area contributed by atoms with Crippen LogP contribution in [0.15, 0.2) is 36.8 Å². The van der Waals surface area contributed by atoms with Crippen LogP contribution in [-0.4, -0.2) is 9.97 Å². The summed E-state index contributed by atoms with van der Waals surface area (Å²) in [7, 11) is 0. The smallest absolute Gasteiger partial charge is 0.116 e. The molecule has 2 aromatic rings. The second-order valence-corrected chi connectivity index (χ2v) is 2.83. The standard InChI is InChI=1S/C10H6N2/c1-2-4-8-7(3-1)9-5-11-6-12-10(8)9/h1-6H. The molecule has 1 aliphatic carbocycles. The van der Waals surface area contributed by atoms with Gasteiger partial charge in [-0.3, -0.25) is 0 Å². The molecule has 0 atom stereocenters. The summed E-state index contributed by atoms with van der Waals surface area (Å²) in [6.45, 7) is 0. The van der Waals surface area contributed by atoms with E-state index in [1.54, 1.807) is 6.33 Å². The zero-order chi connectivity index (χ0) is 7.97. The summed E-state index contributed by atoms with van der Waals surface area (Å²) in [5.41, 5.74) is 4.77. The third-order valence-electron chi connectivity index (χ3n) is 2.18. The molecule has 56 valence electrons. The molecule has 3 rings (SSSR count). The average molecular weight is 154 g/mol. The van der Waals surface area contributed by atoms with Crippen molar-refractivity contribution in [1.82, 2.24) is 9.97 Å². The van der Waals surface area contributed by atoms with Crippen LogP contribution in [0, 0.1) is 0 Å². The topological polar surface area (TPSA) is 25.8 Å². The lowest BCUT2D eigenvalue weighted by atomic mass is 9.86. The number of fused-ring (bicyclic) bond motifs is 4. The van der Waals surface area contributed by atoms with Crippen molar-refractivity contribution < 1.29 is 0 Å². The first kappa shape index (κ1) is 5.89. The maximum Gasteiger partial charge on any atom is 0.116 e. The van der Waals surface area contributed by atoms with Crippen LogP contribution in [0.25, 0.3) is 22.4 Å². The van der Waals surface area contributed by atoms with Gasteiger partial charge in [0, 0.05) is 17.3 Å². The Morgan fingerprint density at radius 1 is 0.917 bits per heavy atom. The maximum atomic E-state index is 4.20. The van der Waals surface area contributed by atoms with E-state index in [1.165, 1.54) is 16.7 Å². The molecule has 12 heavy (non-hydrogen) atoms. The minimum absolute atomic E-state index is 1.08. The molecule has 0 spiro atoms. The molecule has 0 unspecified atom stereocenters. The van der Waals surface area contributed by atoms with Crippen LogP contribution in [-0.2, 0) is 0 Å². The Labute approximate surface area is 69.9 Å². The fourth-order valence-corrected chi connectivity index (χ4v) is 1.60. The average Bonchev–Trinajstić information content (AvgIpc) is 2.14. The summed E-state index contributed by atoms with van der Waals surface area (Å²) in [5, 5.41) is 0. The van der Waals surface area contributed by atoms with Gasteiger partial charge in [0.05, 0.1) is 5.69 Å². The van der Waals surface area contributed by atoms with Gasteiger partial charge >= 0.3 is 0 Å². The van der Waals surface area contributed by atoms with E-state index in [9.17, 15) is 0 Å². The summed E-state index contributed by atoms with van der Waals surface area (Å²) in [4.78, 5) is 8.18. The van der Waals surface area contributed by atoms with E-state index in [1.807, 2.05) is 18.3 Å². The number of benzene rings is 1. The van der Waals surface area contributed by atoms with Crippen molar-refractivity contribution in [2.75, 3.05) is 0 Å². The molecule has 0 saturated carbocycles. The first-order chi connectivity index (χ1) is 5.97. The Morgan fingerprint density at radius 3 is 2.67 bits per heavy atom. The van der Waals surface area contributed by atoms with E-state index >= 15 is 0 Å². The molecular weight excluding hydrogens is 148 g/mol. The summed E-state index contributed by atoms with van der Waals surface area (Å²) < 4.78 is 0. The minimum atomic E-state index is 1.08. The van der Waals surface area contributed by atoms with Crippen LogP contribution in [0.1, 0.15) is 0 Å². The molecule has 0 saturated heterocycles. The molecule has 0 aliphatic heterocycles. The monoisotopic (exact) mass is 154 g/mol. The Hall–Kier alpha value is -1.70. The number of hydrogen-bond donors (Lipinski definition) is 0. The highest BCUT2D eigenvalue weighted by Crippen LogP contribution is 2.44. The van der Waals surface area contributed by atoms with Gasteiger partial charge in [-0.05, 0) is 5.56 Å². The van der Waals surface area contributed by atoms with Gasteiger partial charge in [0.1, 0.15) is 6.33 Å². The number of nitrogens with zero attached hydrogens (tertiary/aromatic N) is 2. The van der Waals surface area contributed by atoms with Gasteiger partial charge in [-0.25, -0.2) is 9.97 Å². The van der Waals surface area contributed by atoms with Gasteiger partial charge in [0.15, 0.2) is 0 Å². The van der Waals surface area contributed by atoms with E-state index in [-0.39, 0.29) is 0 Å². The van der Waals surface area contributed by atoms with Gasteiger partial charge in [0.2, 0.25) is 0 Å². The SMILES string of the molecule is c1ccc2c(c1)-c1cncnc1-2. The van der Waals surface area contributed by atoms with Crippen molar-refractivity contribution in [3.63, 3.8) is 0 Å². The first-order valence-corrected chi connectivity index (χ1v) is 3.86. The molecule has 0 radical (unpaired) electrons. The molecule has 1 heterocycles. The van der Waals surface area contributed by atoms with Crippen molar-refractivity contribution in [3.8, 4) is 22.4 Å². The van der Waals surface area contributed by atoms with Gasteiger partial charge in [0.25, 0.3) is 0 Å². The lowest BCUT2D eigenvalue weighted by Gasteiger charge is -2.20. The lowest BCUT2D eigenvalue weighted by Crippen LogP contribution is -2.00. The van der Waals surface area contributed by atoms with Crippen LogP contribution >= 0.6 is 0 Å². The Morgan fingerprint density at radius 2 is 1.75 bits per heavy atom. The third kappa shape index (κ3) is 0.552. The van der Waals surface area contributed by atoms with E-state index in [0.717, 1.165) is 5.69 Å². The van der Waals surface area contributed by atoms with Crippen LogP contribution in [0.4, 0.5) is 0 Å². The summed E-state index contributed by atoms with van der Waals surface area (Å²) in [5.74, 6) is 0. The van der Waals surface area contributed by atoms with Crippen LogP contribution < -0.4 is 0 Å². The molecular formula is C10H6N2. The quantitative estimate of drug-likeness (QED) is 0.495. The fraction of sp³-hybridized carbons (Fsp3) is 0. The van der Waals surface area contributed by atoms with Crippen molar-refractivity contribution in [3.05, 3.63) is 36.8 Å². The van der Waals surface area contributed by atoms with Crippen molar-refractivity contribution in [2.45, 2.75) is 0 Å². The van der Waals surface area contributed by atoms with E-state index in [0.29, 0.717) is 0 Å². The van der Waals surface area contributed by atoms with Crippen LogP contribution in [0.5, 0.6) is 0 Å². The van der Waals surface area contributed by atoms with Crippen LogP contribution in [0.2, 0.25) is 0 Å². The van der Waals surface area contributed by atoms with Gasteiger partial charge in [-0.2, -0.15) is 0 Å². The fourth-order valence-electron chi connectivity index (χ4n) is 1.60. The number of aromatic nitrogens is 2. The Kier molecular flexibility index (Phi) is 0.939. The van der Waals surface area contributed by atoms with Crippen molar-refractivity contribution >= 4 is 0 Å². The molecule has 0 bridgehead atoms. The van der Waals surface area contributed by atoms with Gasteiger partial charge < -0.3 is 0 Å². The zero-order valence-corrected chi connectivity index (χ0v) is 6.36. The lowest BCUT2D eigenvalue weighted by molar-refractivity contribution is 1.16. The zero-order valence-electron chi connectivity index (χ0n) is 6.36. The molecule has 1 aromatic carbocycles. The van der Waals surface area contributed by atoms with Crippen molar-refractivity contribution in [1.29, 1.82) is 0 Å².